The highest BCUT2D eigenvalue weighted by Gasteiger charge is 2.12. The minimum Gasteiger partial charge on any atom is -0.375 e. The molecule has 18 heavy (non-hydrogen) atoms. The van der Waals surface area contributed by atoms with Gasteiger partial charge in [0.05, 0.1) is 5.69 Å². The van der Waals surface area contributed by atoms with E-state index in [4.69, 9.17) is 5.73 Å². The maximum Gasteiger partial charge on any atom is 0.180 e. The van der Waals surface area contributed by atoms with Crippen LogP contribution in [0.5, 0.6) is 0 Å². The number of halogens is 1. The first-order chi connectivity index (χ1) is 8.51. The third-order valence-electron chi connectivity index (χ3n) is 3.03. The van der Waals surface area contributed by atoms with Gasteiger partial charge in [0.25, 0.3) is 0 Å². The maximum atomic E-state index is 5.80. The lowest BCUT2D eigenvalue weighted by Gasteiger charge is -2.09. The van der Waals surface area contributed by atoms with Crippen LogP contribution in [0.25, 0.3) is 0 Å². The standard InChI is InChI=1S/C14H17BrN2S/c1-4-12-13(18-14(16)17-12)7-10-9(3)5-8(2)6-11(10)15/h5-6H,4,7H2,1-3H3,(H2,16,17). The summed E-state index contributed by atoms with van der Waals surface area (Å²) in [5, 5.41) is 0.669. The largest absolute Gasteiger partial charge is 0.375 e. The number of hydrogen-bond donors (Lipinski definition) is 1. The molecule has 0 atom stereocenters. The maximum absolute atomic E-state index is 5.80. The Hall–Kier alpha value is -0.870. The number of nitrogens with two attached hydrogens (primary N) is 1. The molecule has 1 heterocycles. The number of rotatable bonds is 3. The van der Waals surface area contributed by atoms with Crippen LogP contribution < -0.4 is 5.73 Å². The number of anilines is 1. The van der Waals surface area contributed by atoms with Crippen molar-refractivity contribution in [2.24, 2.45) is 0 Å². The molecular formula is C14H17BrN2S. The second-order valence-electron chi connectivity index (χ2n) is 4.49. The first-order valence-electron chi connectivity index (χ1n) is 6.01. The van der Waals surface area contributed by atoms with Crippen LogP contribution >= 0.6 is 27.3 Å². The minimum atomic E-state index is 0.669. The van der Waals surface area contributed by atoms with Crippen molar-refractivity contribution >= 4 is 32.4 Å². The first kappa shape index (κ1) is 13.6. The van der Waals surface area contributed by atoms with Gasteiger partial charge in [-0.3, -0.25) is 0 Å². The topological polar surface area (TPSA) is 38.9 Å². The van der Waals surface area contributed by atoms with Crippen molar-refractivity contribution in [3.63, 3.8) is 0 Å². The van der Waals surface area contributed by atoms with Crippen molar-refractivity contribution in [1.82, 2.24) is 4.98 Å². The molecule has 0 aliphatic heterocycles. The zero-order valence-corrected chi connectivity index (χ0v) is 13.3. The van der Waals surface area contributed by atoms with Crippen LogP contribution in [-0.2, 0) is 12.8 Å². The molecule has 0 saturated heterocycles. The molecule has 0 unspecified atom stereocenters. The van der Waals surface area contributed by atoms with Gasteiger partial charge in [0, 0.05) is 15.8 Å². The van der Waals surface area contributed by atoms with Crippen LogP contribution in [0, 0.1) is 13.8 Å². The second kappa shape index (κ2) is 5.41. The number of aromatic nitrogens is 1. The van der Waals surface area contributed by atoms with Gasteiger partial charge >= 0.3 is 0 Å². The number of thiazole rings is 1. The summed E-state index contributed by atoms with van der Waals surface area (Å²) in [4.78, 5) is 5.66. The monoisotopic (exact) mass is 324 g/mol. The van der Waals surface area contributed by atoms with Crippen molar-refractivity contribution in [1.29, 1.82) is 0 Å². The van der Waals surface area contributed by atoms with Gasteiger partial charge in [-0.25, -0.2) is 4.98 Å². The van der Waals surface area contributed by atoms with Crippen LogP contribution in [0.4, 0.5) is 5.13 Å². The second-order valence-corrected chi connectivity index (χ2v) is 6.46. The molecule has 2 nitrogen and oxygen atoms in total. The summed E-state index contributed by atoms with van der Waals surface area (Å²) in [6, 6.07) is 4.38. The van der Waals surface area contributed by atoms with E-state index in [-0.39, 0.29) is 0 Å². The predicted molar refractivity (Wildman–Crippen MR) is 82.3 cm³/mol. The van der Waals surface area contributed by atoms with E-state index in [9.17, 15) is 0 Å². The van der Waals surface area contributed by atoms with Gasteiger partial charge < -0.3 is 5.73 Å². The van der Waals surface area contributed by atoms with Crippen molar-refractivity contribution < 1.29 is 0 Å². The number of nitrogens with zero attached hydrogens (tertiary/aromatic N) is 1. The van der Waals surface area contributed by atoms with Crippen molar-refractivity contribution in [2.75, 3.05) is 5.73 Å². The Bertz CT molecular complexity index is 552. The Morgan fingerprint density at radius 1 is 1.33 bits per heavy atom. The van der Waals surface area contributed by atoms with Gasteiger partial charge in [0.1, 0.15) is 0 Å². The molecule has 96 valence electrons. The Balaban J connectivity index is 2.39. The average Bonchev–Trinajstić information content (AvgIpc) is 2.64. The van der Waals surface area contributed by atoms with Crippen LogP contribution in [0.3, 0.4) is 0 Å². The van der Waals surface area contributed by atoms with E-state index in [0.717, 1.165) is 18.5 Å². The summed E-state index contributed by atoms with van der Waals surface area (Å²) in [5.41, 5.74) is 10.9. The normalized spacial score (nSPS) is 10.9. The van der Waals surface area contributed by atoms with E-state index in [0.29, 0.717) is 5.13 Å². The third kappa shape index (κ3) is 2.75. The third-order valence-corrected chi connectivity index (χ3v) is 4.66. The highest BCUT2D eigenvalue weighted by Crippen LogP contribution is 2.29. The minimum absolute atomic E-state index is 0.669. The Morgan fingerprint density at radius 2 is 2.06 bits per heavy atom. The molecule has 1 aromatic carbocycles. The van der Waals surface area contributed by atoms with Crippen LogP contribution in [0.2, 0.25) is 0 Å². The summed E-state index contributed by atoms with van der Waals surface area (Å²) >= 11 is 5.26. The lowest BCUT2D eigenvalue weighted by molar-refractivity contribution is 1.02. The molecule has 0 aliphatic carbocycles. The quantitative estimate of drug-likeness (QED) is 0.916. The average molecular weight is 325 g/mol. The molecule has 0 spiro atoms. The summed E-state index contributed by atoms with van der Waals surface area (Å²) in [6.45, 7) is 6.39. The Labute approximate surface area is 120 Å². The lowest BCUT2D eigenvalue weighted by atomic mass is 10.0. The molecular weight excluding hydrogens is 308 g/mol. The molecule has 2 N–H and O–H groups in total. The Kier molecular flexibility index (Phi) is 4.07. The van der Waals surface area contributed by atoms with Crippen LogP contribution in [0.1, 0.15) is 34.2 Å². The summed E-state index contributed by atoms with van der Waals surface area (Å²) < 4.78 is 1.18. The van der Waals surface area contributed by atoms with Crippen LogP contribution in [-0.4, -0.2) is 4.98 Å². The van der Waals surface area contributed by atoms with E-state index in [1.807, 2.05) is 0 Å². The summed E-state index contributed by atoms with van der Waals surface area (Å²) in [5.74, 6) is 0. The zero-order chi connectivity index (χ0) is 13.3. The van der Waals surface area contributed by atoms with Crippen molar-refractivity contribution in [3.8, 4) is 0 Å². The van der Waals surface area contributed by atoms with Crippen molar-refractivity contribution in [3.05, 3.63) is 43.9 Å². The molecule has 0 saturated carbocycles. The summed E-state index contributed by atoms with van der Waals surface area (Å²) in [7, 11) is 0. The smallest absolute Gasteiger partial charge is 0.180 e. The number of nitrogen functional groups attached to an aromatic ring is 1. The van der Waals surface area contributed by atoms with E-state index in [2.05, 4.69) is 53.8 Å². The fourth-order valence-corrected chi connectivity index (χ4v) is 3.89. The molecule has 1 aromatic heterocycles. The zero-order valence-electron chi connectivity index (χ0n) is 10.9. The van der Waals surface area contributed by atoms with Crippen molar-refractivity contribution in [2.45, 2.75) is 33.6 Å². The SMILES string of the molecule is CCc1nc(N)sc1Cc1c(C)cc(C)cc1Br. The number of benzene rings is 1. The molecule has 2 rings (SSSR count). The van der Waals surface area contributed by atoms with E-state index < -0.39 is 0 Å². The summed E-state index contributed by atoms with van der Waals surface area (Å²) in [6.07, 6.45) is 1.84. The van der Waals surface area contributed by atoms with Gasteiger partial charge in [0.2, 0.25) is 0 Å². The van der Waals surface area contributed by atoms with E-state index >= 15 is 0 Å². The first-order valence-corrected chi connectivity index (χ1v) is 7.62. The molecule has 2 aromatic rings. The molecule has 0 radical (unpaired) electrons. The molecule has 0 bridgehead atoms. The van der Waals surface area contributed by atoms with Gasteiger partial charge in [-0.05, 0) is 43.0 Å². The molecule has 4 heteroatoms. The Morgan fingerprint density at radius 3 is 2.67 bits per heavy atom. The van der Waals surface area contributed by atoms with Gasteiger partial charge in [-0.1, -0.05) is 28.9 Å². The van der Waals surface area contributed by atoms with Crippen LogP contribution in [0.15, 0.2) is 16.6 Å². The molecule has 0 aliphatic rings. The fourth-order valence-electron chi connectivity index (χ4n) is 2.15. The molecule has 0 fully saturated rings. The van der Waals surface area contributed by atoms with Gasteiger partial charge in [-0.15, -0.1) is 11.3 Å². The molecule has 0 amide bonds. The van der Waals surface area contributed by atoms with E-state index in [1.165, 1.54) is 26.0 Å². The lowest BCUT2D eigenvalue weighted by Crippen LogP contribution is -1.96. The van der Waals surface area contributed by atoms with Gasteiger partial charge in [0.15, 0.2) is 5.13 Å². The van der Waals surface area contributed by atoms with Gasteiger partial charge in [-0.2, -0.15) is 0 Å². The number of aryl methyl sites for hydroxylation is 3. The fraction of sp³-hybridized carbons (Fsp3) is 0.357. The van der Waals surface area contributed by atoms with E-state index in [1.54, 1.807) is 11.3 Å². The highest BCUT2D eigenvalue weighted by molar-refractivity contribution is 9.10. The predicted octanol–water partition coefficient (Wildman–Crippen LogP) is 4.26. The number of hydrogen-bond acceptors (Lipinski definition) is 3. The highest BCUT2D eigenvalue weighted by atomic mass is 79.9.